The normalized spacial score (nSPS) is 21.9. The van der Waals surface area contributed by atoms with Crippen molar-refractivity contribution >= 4 is 60.3 Å². The fourth-order valence-electron chi connectivity index (χ4n) is 2.53. The standard InChI is InChI=1S/C16H16Br2N2O3/c1-3-23-13(21)12-11(9-6-4-5-7-10(9)19-12)20-14(22)15(2)8-16(15,17)18/h4-7,19H,3,8H2,1-2H3,(H,20,22)/t15-/m0/s1. The summed E-state index contributed by atoms with van der Waals surface area (Å²) in [5.74, 6) is -0.634. The number of nitrogens with one attached hydrogen (secondary N) is 2. The van der Waals surface area contributed by atoms with E-state index < -0.39 is 14.6 Å². The zero-order valence-electron chi connectivity index (χ0n) is 12.7. The van der Waals surface area contributed by atoms with E-state index in [9.17, 15) is 9.59 Å². The Balaban J connectivity index is 2.00. The molecule has 1 aromatic heterocycles. The van der Waals surface area contributed by atoms with Crippen LogP contribution in [0.15, 0.2) is 24.3 Å². The molecule has 0 saturated heterocycles. The Morgan fingerprint density at radius 2 is 2.00 bits per heavy atom. The highest BCUT2D eigenvalue weighted by Gasteiger charge is 2.66. The second-order valence-corrected chi connectivity index (χ2v) is 9.58. The van der Waals surface area contributed by atoms with Crippen LogP contribution in [0.2, 0.25) is 0 Å². The maximum absolute atomic E-state index is 12.6. The first kappa shape index (κ1) is 16.5. The van der Waals surface area contributed by atoms with E-state index in [0.29, 0.717) is 12.1 Å². The maximum atomic E-state index is 12.6. The van der Waals surface area contributed by atoms with E-state index in [0.717, 1.165) is 10.9 Å². The van der Waals surface area contributed by atoms with Crippen LogP contribution in [0, 0.1) is 5.41 Å². The summed E-state index contributed by atoms with van der Waals surface area (Å²) in [7, 11) is 0. The van der Waals surface area contributed by atoms with Gasteiger partial charge in [-0.25, -0.2) is 4.79 Å². The Labute approximate surface area is 150 Å². The van der Waals surface area contributed by atoms with Gasteiger partial charge in [0.25, 0.3) is 0 Å². The van der Waals surface area contributed by atoms with Gasteiger partial charge in [-0.1, -0.05) is 50.1 Å². The van der Waals surface area contributed by atoms with Gasteiger partial charge in [0, 0.05) is 10.9 Å². The van der Waals surface area contributed by atoms with Crippen molar-refractivity contribution in [2.75, 3.05) is 11.9 Å². The number of ether oxygens (including phenoxy) is 1. The molecule has 1 aliphatic carbocycles. The number of H-pyrrole nitrogens is 1. The molecule has 1 aliphatic rings. The van der Waals surface area contributed by atoms with Gasteiger partial charge in [-0.2, -0.15) is 0 Å². The molecule has 0 bridgehead atoms. The van der Waals surface area contributed by atoms with Gasteiger partial charge in [0.15, 0.2) is 0 Å². The van der Waals surface area contributed by atoms with Crippen LogP contribution in [-0.4, -0.2) is 26.7 Å². The molecule has 122 valence electrons. The average molecular weight is 444 g/mol. The molecule has 0 spiro atoms. The van der Waals surface area contributed by atoms with Crippen molar-refractivity contribution in [3.63, 3.8) is 0 Å². The molecule has 5 nitrogen and oxygen atoms in total. The first-order valence-electron chi connectivity index (χ1n) is 7.27. The van der Waals surface area contributed by atoms with Crippen LogP contribution >= 0.6 is 31.9 Å². The lowest BCUT2D eigenvalue weighted by Gasteiger charge is -2.13. The number of alkyl halides is 2. The van der Waals surface area contributed by atoms with Crippen LogP contribution in [0.5, 0.6) is 0 Å². The molecule has 1 saturated carbocycles. The van der Waals surface area contributed by atoms with Crippen LogP contribution in [0.3, 0.4) is 0 Å². The van der Waals surface area contributed by atoms with Crippen molar-refractivity contribution in [1.29, 1.82) is 0 Å². The number of esters is 1. The van der Waals surface area contributed by atoms with Crippen molar-refractivity contribution in [2.24, 2.45) is 5.41 Å². The number of hydrogen-bond acceptors (Lipinski definition) is 3. The lowest BCUT2D eigenvalue weighted by molar-refractivity contribution is -0.120. The summed E-state index contributed by atoms with van der Waals surface area (Å²) in [5, 5.41) is 3.68. The minimum absolute atomic E-state index is 0.151. The predicted molar refractivity (Wildman–Crippen MR) is 96.2 cm³/mol. The molecule has 23 heavy (non-hydrogen) atoms. The molecule has 7 heteroatoms. The summed E-state index contributed by atoms with van der Waals surface area (Å²) in [6.45, 7) is 3.88. The number of rotatable bonds is 4. The van der Waals surface area contributed by atoms with E-state index in [-0.39, 0.29) is 18.2 Å². The fourth-order valence-corrected chi connectivity index (χ4v) is 4.01. The molecule has 1 atom stereocenters. The fraction of sp³-hybridized carbons (Fsp3) is 0.375. The van der Waals surface area contributed by atoms with E-state index in [1.165, 1.54) is 0 Å². The topological polar surface area (TPSA) is 71.2 Å². The third-order valence-electron chi connectivity index (χ3n) is 4.18. The van der Waals surface area contributed by atoms with Crippen LogP contribution in [-0.2, 0) is 9.53 Å². The lowest BCUT2D eigenvalue weighted by atomic mass is 10.1. The summed E-state index contributed by atoms with van der Waals surface area (Å²) in [6.07, 6.45) is 0.670. The highest BCUT2D eigenvalue weighted by molar-refractivity contribution is 9.25. The highest BCUT2D eigenvalue weighted by Crippen LogP contribution is 2.66. The van der Waals surface area contributed by atoms with Crippen molar-refractivity contribution in [3.8, 4) is 0 Å². The molecule has 0 unspecified atom stereocenters. The molecule has 1 aromatic carbocycles. The number of carbonyl (C=O) groups excluding carboxylic acids is 2. The number of benzene rings is 1. The SMILES string of the molecule is CCOC(=O)c1[nH]c2ccccc2c1NC(=O)[C@]1(C)CC1(Br)Br. The average Bonchev–Trinajstić information content (AvgIpc) is 2.87. The van der Waals surface area contributed by atoms with E-state index >= 15 is 0 Å². The van der Waals surface area contributed by atoms with Gasteiger partial charge in [-0.3, -0.25) is 4.79 Å². The first-order chi connectivity index (χ1) is 10.8. The number of para-hydroxylation sites is 1. The first-order valence-corrected chi connectivity index (χ1v) is 8.86. The minimum Gasteiger partial charge on any atom is -0.461 e. The number of aromatic amines is 1. The number of hydrogen-bond donors (Lipinski definition) is 2. The van der Waals surface area contributed by atoms with Gasteiger partial charge in [-0.05, 0) is 26.3 Å². The van der Waals surface area contributed by atoms with Gasteiger partial charge >= 0.3 is 5.97 Å². The quantitative estimate of drug-likeness (QED) is 0.550. The molecular formula is C16H16Br2N2O3. The van der Waals surface area contributed by atoms with E-state index in [2.05, 4.69) is 42.2 Å². The highest BCUT2D eigenvalue weighted by atomic mass is 79.9. The summed E-state index contributed by atoms with van der Waals surface area (Å²) >= 11 is 6.98. The maximum Gasteiger partial charge on any atom is 0.356 e. The molecular weight excluding hydrogens is 428 g/mol. The second kappa shape index (κ2) is 5.63. The Kier molecular flexibility index (Phi) is 4.04. The number of amides is 1. The van der Waals surface area contributed by atoms with Gasteiger partial charge in [0.1, 0.15) is 5.69 Å². The molecule has 0 radical (unpaired) electrons. The molecule has 3 rings (SSSR count). The number of anilines is 1. The van der Waals surface area contributed by atoms with Crippen LogP contribution in [0.25, 0.3) is 10.9 Å². The van der Waals surface area contributed by atoms with Crippen LogP contribution in [0.1, 0.15) is 30.8 Å². The Morgan fingerprint density at radius 1 is 1.35 bits per heavy atom. The predicted octanol–water partition coefficient (Wildman–Crippen LogP) is 4.18. The Hall–Kier alpha value is -1.34. The molecule has 2 N–H and O–H groups in total. The smallest absolute Gasteiger partial charge is 0.356 e. The molecule has 1 amide bonds. The van der Waals surface area contributed by atoms with E-state index in [1.807, 2.05) is 31.2 Å². The summed E-state index contributed by atoms with van der Waals surface area (Å²) in [5.41, 5.74) is 0.932. The zero-order chi connectivity index (χ0) is 16.8. The third-order valence-corrected chi connectivity index (χ3v) is 6.49. The molecule has 0 aliphatic heterocycles. The molecule has 1 heterocycles. The zero-order valence-corrected chi connectivity index (χ0v) is 15.9. The molecule has 1 fully saturated rings. The van der Waals surface area contributed by atoms with Crippen molar-refractivity contribution < 1.29 is 14.3 Å². The van der Waals surface area contributed by atoms with Crippen molar-refractivity contribution in [2.45, 2.75) is 23.5 Å². The Morgan fingerprint density at radius 3 is 2.61 bits per heavy atom. The molecule has 2 aromatic rings. The van der Waals surface area contributed by atoms with Gasteiger partial charge in [0.2, 0.25) is 5.91 Å². The number of halogens is 2. The van der Waals surface area contributed by atoms with Crippen LogP contribution in [0.4, 0.5) is 5.69 Å². The largest absolute Gasteiger partial charge is 0.461 e. The van der Waals surface area contributed by atoms with Crippen molar-refractivity contribution in [1.82, 2.24) is 4.98 Å². The third kappa shape index (κ3) is 2.70. The van der Waals surface area contributed by atoms with E-state index in [4.69, 9.17) is 4.74 Å². The minimum atomic E-state index is -0.572. The van der Waals surface area contributed by atoms with Crippen LogP contribution < -0.4 is 5.32 Å². The summed E-state index contributed by atoms with van der Waals surface area (Å²) in [6, 6.07) is 7.43. The summed E-state index contributed by atoms with van der Waals surface area (Å²) in [4.78, 5) is 27.9. The van der Waals surface area contributed by atoms with E-state index in [1.54, 1.807) is 6.92 Å². The number of fused-ring (bicyclic) bond motifs is 1. The number of aromatic nitrogens is 1. The summed E-state index contributed by atoms with van der Waals surface area (Å²) < 4.78 is 4.69. The monoisotopic (exact) mass is 442 g/mol. The van der Waals surface area contributed by atoms with Crippen molar-refractivity contribution in [3.05, 3.63) is 30.0 Å². The second-order valence-electron chi connectivity index (χ2n) is 5.81. The van der Waals surface area contributed by atoms with Gasteiger partial charge < -0.3 is 15.0 Å². The Bertz CT molecular complexity index is 800. The number of carbonyl (C=O) groups is 2. The van der Waals surface area contributed by atoms with Gasteiger partial charge in [-0.15, -0.1) is 0 Å². The van der Waals surface area contributed by atoms with Gasteiger partial charge in [0.05, 0.1) is 20.9 Å². The lowest BCUT2D eigenvalue weighted by Crippen LogP contribution is -2.26.